The molecule has 1 N–H and O–H groups in total. The lowest BCUT2D eigenvalue weighted by Gasteiger charge is -2.25. The van der Waals surface area contributed by atoms with Crippen molar-refractivity contribution in [3.63, 3.8) is 0 Å². The summed E-state index contributed by atoms with van der Waals surface area (Å²) in [6.45, 7) is 9.19. The number of Topliss-reactive ketones (excluding diaryl/α,β-unsaturated/α-hetero) is 1. The number of likely N-dealkylation sites (tertiary alicyclic amines) is 1. The quantitative estimate of drug-likeness (QED) is 0.341. The number of hydrogen-bond donors (Lipinski definition) is 1. The van der Waals surface area contributed by atoms with Crippen LogP contribution in [0.4, 0.5) is 0 Å². The van der Waals surface area contributed by atoms with Crippen LogP contribution in [0.5, 0.6) is 5.75 Å². The molecule has 6 nitrogen and oxygen atoms in total. The molecular formula is C27H33NO5. The van der Waals surface area contributed by atoms with E-state index in [0.717, 1.165) is 23.1 Å². The predicted octanol–water partition coefficient (Wildman–Crippen LogP) is 4.66. The van der Waals surface area contributed by atoms with Crippen LogP contribution in [0.2, 0.25) is 0 Å². The van der Waals surface area contributed by atoms with Crippen molar-refractivity contribution in [2.45, 2.75) is 40.2 Å². The van der Waals surface area contributed by atoms with Crippen molar-refractivity contribution in [2.24, 2.45) is 5.92 Å². The van der Waals surface area contributed by atoms with Crippen LogP contribution in [0, 0.1) is 12.8 Å². The highest BCUT2D eigenvalue weighted by Gasteiger charge is 2.46. The first-order valence-electron chi connectivity index (χ1n) is 11.4. The second kappa shape index (κ2) is 10.7. The number of nitrogens with zero attached hydrogens (tertiary/aromatic N) is 1. The molecule has 1 aliphatic heterocycles. The van der Waals surface area contributed by atoms with Crippen molar-refractivity contribution in [3.05, 3.63) is 70.3 Å². The maximum absolute atomic E-state index is 13.1. The summed E-state index contributed by atoms with van der Waals surface area (Å²) in [5, 5.41) is 11.3. The van der Waals surface area contributed by atoms with Crippen LogP contribution in [-0.2, 0) is 20.7 Å². The summed E-state index contributed by atoms with van der Waals surface area (Å²) in [5.41, 5.74) is 3.29. The minimum absolute atomic E-state index is 0.0966. The highest BCUT2D eigenvalue weighted by Crippen LogP contribution is 2.40. The van der Waals surface area contributed by atoms with Crippen LogP contribution in [0.25, 0.3) is 5.76 Å². The van der Waals surface area contributed by atoms with Gasteiger partial charge in [0.2, 0.25) is 0 Å². The van der Waals surface area contributed by atoms with Crippen molar-refractivity contribution in [3.8, 4) is 5.75 Å². The summed E-state index contributed by atoms with van der Waals surface area (Å²) in [6.07, 6.45) is 0.883. The number of aliphatic hydroxyl groups excluding tert-OH is 1. The number of aliphatic hydroxyl groups is 1. The molecule has 1 atom stereocenters. The molecule has 1 fully saturated rings. The maximum Gasteiger partial charge on any atom is 0.295 e. The zero-order valence-corrected chi connectivity index (χ0v) is 20.1. The lowest BCUT2D eigenvalue weighted by Crippen LogP contribution is -2.32. The molecule has 0 bridgehead atoms. The molecule has 33 heavy (non-hydrogen) atoms. The number of aryl methyl sites for hydroxylation is 2. The summed E-state index contributed by atoms with van der Waals surface area (Å²) in [4.78, 5) is 27.5. The van der Waals surface area contributed by atoms with Crippen LogP contribution in [0.3, 0.4) is 0 Å². The molecule has 0 radical (unpaired) electrons. The largest absolute Gasteiger partial charge is 0.507 e. The van der Waals surface area contributed by atoms with Crippen molar-refractivity contribution in [1.29, 1.82) is 0 Å². The van der Waals surface area contributed by atoms with E-state index >= 15 is 0 Å². The van der Waals surface area contributed by atoms with E-state index in [1.165, 1.54) is 4.90 Å². The number of rotatable bonds is 9. The van der Waals surface area contributed by atoms with Gasteiger partial charge in [-0.15, -0.1) is 0 Å². The van der Waals surface area contributed by atoms with Crippen molar-refractivity contribution < 1.29 is 24.2 Å². The molecule has 1 heterocycles. The first-order valence-corrected chi connectivity index (χ1v) is 11.4. The predicted molar refractivity (Wildman–Crippen MR) is 128 cm³/mol. The Hall–Kier alpha value is -3.12. The Kier molecular flexibility index (Phi) is 7.92. The third-order valence-electron chi connectivity index (χ3n) is 5.82. The van der Waals surface area contributed by atoms with Crippen molar-refractivity contribution in [2.75, 3.05) is 26.9 Å². The SMILES string of the molecule is CCc1ccc(C2C(=C(O)c3ccc(OCC(C)C)cc3C)C(=O)C(=O)N2CCOC)cc1. The Morgan fingerprint density at radius 3 is 2.39 bits per heavy atom. The van der Waals surface area contributed by atoms with Gasteiger partial charge >= 0.3 is 0 Å². The smallest absolute Gasteiger partial charge is 0.295 e. The molecular weight excluding hydrogens is 418 g/mol. The van der Waals surface area contributed by atoms with E-state index in [9.17, 15) is 14.7 Å². The van der Waals surface area contributed by atoms with Crippen LogP contribution >= 0.6 is 0 Å². The first-order chi connectivity index (χ1) is 15.8. The average molecular weight is 452 g/mol. The average Bonchev–Trinajstić information content (AvgIpc) is 3.05. The number of ketones is 1. The summed E-state index contributed by atoms with van der Waals surface area (Å²) < 4.78 is 10.9. The van der Waals surface area contributed by atoms with Crippen molar-refractivity contribution >= 4 is 17.4 Å². The van der Waals surface area contributed by atoms with Gasteiger partial charge < -0.3 is 19.5 Å². The monoisotopic (exact) mass is 451 g/mol. The van der Waals surface area contributed by atoms with E-state index in [0.29, 0.717) is 23.8 Å². The zero-order valence-electron chi connectivity index (χ0n) is 20.1. The molecule has 0 spiro atoms. The van der Waals surface area contributed by atoms with Gasteiger partial charge in [-0.05, 0) is 54.2 Å². The van der Waals surface area contributed by atoms with Crippen LogP contribution in [0.1, 0.15) is 49.1 Å². The zero-order chi connectivity index (χ0) is 24.1. The molecule has 176 valence electrons. The molecule has 1 unspecified atom stereocenters. The lowest BCUT2D eigenvalue weighted by molar-refractivity contribution is -0.140. The van der Waals surface area contributed by atoms with E-state index in [1.807, 2.05) is 37.3 Å². The number of benzene rings is 2. The van der Waals surface area contributed by atoms with Gasteiger partial charge in [-0.3, -0.25) is 9.59 Å². The van der Waals surface area contributed by atoms with E-state index in [1.54, 1.807) is 19.2 Å². The summed E-state index contributed by atoms with van der Waals surface area (Å²) in [5.74, 6) is -0.406. The molecule has 1 aliphatic rings. The van der Waals surface area contributed by atoms with Gasteiger partial charge in [0.25, 0.3) is 11.7 Å². The van der Waals surface area contributed by atoms with Gasteiger partial charge in [-0.2, -0.15) is 0 Å². The highest BCUT2D eigenvalue weighted by molar-refractivity contribution is 6.46. The Labute approximate surface area is 195 Å². The van der Waals surface area contributed by atoms with Gasteiger partial charge in [0.15, 0.2) is 0 Å². The highest BCUT2D eigenvalue weighted by atomic mass is 16.5. The number of amides is 1. The lowest BCUT2D eigenvalue weighted by atomic mass is 9.93. The number of methoxy groups -OCH3 is 1. The molecule has 0 aromatic heterocycles. The number of ether oxygens (including phenoxy) is 2. The standard InChI is InChI=1S/C27H33NO5/c1-6-19-7-9-20(10-8-19)24-23(26(30)27(31)28(24)13-14-32-5)25(29)22-12-11-21(15-18(22)4)33-16-17(2)3/h7-12,15,17,24,29H,6,13-14,16H2,1-5H3. The summed E-state index contributed by atoms with van der Waals surface area (Å²) in [7, 11) is 1.55. The van der Waals surface area contributed by atoms with Gasteiger partial charge in [0, 0.05) is 19.2 Å². The normalized spacial score (nSPS) is 17.8. The third kappa shape index (κ3) is 5.28. The van der Waals surface area contributed by atoms with Crippen LogP contribution in [0.15, 0.2) is 48.0 Å². The van der Waals surface area contributed by atoms with E-state index < -0.39 is 17.7 Å². The fourth-order valence-corrected chi connectivity index (χ4v) is 3.98. The van der Waals surface area contributed by atoms with E-state index in [2.05, 4.69) is 20.8 Å². The molecule has 2 aromatic rings. The van der Waals surface area contributed by atoms with Gasteiger partial charge in [-0.1, -0.05) is 45.0 Å². The minimum Gasteiger partial charge on any atom is -0.507 e. The molecule has 0 aliphatic carbocycles. The molecule has 6 heteroatoms. The summed E-state index contributed by atoms with van der Waals surface area (Å²) >= 11 is 0. The van der Waals surface area contributed by atoms with E-state index in [4.69, 9.17) is 9.47 Å². The number of carbonyl (C=O) groups excluding carboxylic acids is 2. The van der Waals surface area contributed by atoms with Crippen molar-refractivity contribution in [1.82, 2.24) is 4.90 Å². The molecule has 1 amide bonds. The van der Waals surface area contributed by atoms with Gasteiger partial charge in [-0.25, -0.2) is 0 Å². The number of carbonyl (C=O) groups is 2. The van der Waals surface area contributed by atoms with E-state index in [-0.39, 0.29) is 24.5 Å². The van der Waals surface area contributed by atoms with Gasteiger partial charge in [0.05, 0.1) is 24.8 Å². The molecule has 3 rings (SSSR count). The Balaban J connectivity index is 2.07. The second-order valence-corrected chi connectivity index (χ2v) is 8.76. The Bertz CT molecular complexity index is 1040. The fraction of sp³-hybridized carbons (Fsp3) is 0.407. The molecule has 0 saturated carbocycles. The molecule has 2 aromatic carbocycles. The molecule has 1 saturated heterocycles. The topological polar surface area (TPSA) is 76.1 Å². The van der Waals surface area contributed by atoms with Crippen LogP contribution < -0.4 is 4.74 Å². The summed E-state index contributed by atoms with van der Waals surface area (Å²) in [6, 6.07) is 12.5. The third-order valence-corrected chi connectivity index (χ3v) is 5.82. The minimum atomic E-state index is -0.687. The Morgan fingerprint density at radius 1 is 1.12 bits per heavy atom. The Morgan fingerprint density at radius 2 is 1.82 bits per heavy atom. The second-order valence-electron chi connectivity index (χ2n) is 8.76. The van der Waals surface area contributed by atoms with Gasteiger partial charge in [0.1, 0.15) is 11.5 Å². The number of hydrogen-bond acceptors (Lipinski definition) is 5. The fourth-order valence-electron chi connectivity index (χ4n) is 3.98. The van der Waals surface area contributed by atoms with Crippen LogP contribution in [-0.4, -0.2) is 48.6 Å². The first kappa shape index (κ1) is 24.5. The maximum atomic E-state index is 13.1.